The average molecular weight is 880 g/mol. The number of nitrogens with zero attached hydrogens (tertiary/aromatic N) is 7. The smallest absolute Gasteiger partial charge is 0.410 e. The number of amides is 2. The summed E-state index contributed by atoms with van der Waals surface area (Å²) in [4.78, 5) is 43.3. The summed E-state index contributed by atoms with van der Waals surface area (Å²) in [5.41, 5.74) is 13.3. The number of piperidine rings is 4. The van der Waals surface area contributed by atoms with Crippen molar-refractivity contribution < 1.29 is 24.2 Å². The molecule has 4 fully saturated rings. The Morgan fingerprint density at radius 1 is 0.656 bits per heavy atom. The van der Waals surface area contributed by atoms with Crippen LogP contribution in [0, 0.1) is 11.8 Å². The van der Waals surface area contributed by atoms with Crippen molar-refractivity contribution in [2.75, 3.05) is 65.5 Å². The van der Waals surface area contributed by atoms with Gasteiger partial charge >= 0.3 is 12.2 Å². The molecule has 6 heterocycles. The summed E-state index contributed by atoms with van der Waals surface area (Å²) in [5, 5.41) is 16.8. The number of fused-ring (bicyclic) bond motifs is 2. The van der Waals surface area contributed by atoms with E-state index < -0.39 is 11.2 Å². The summed E-state index contributed by atoms with van der Waals surface area (Å²) in [5.74, 6) is 1.96. The van der Waals surface area contributed by atoms with Crippen LogP contribution in [0.2, 0.25) is 0 Å². The average Bonchev–Trinajstić information content (AvgIpc) is 3.92. The highest BCUT2D eigenvalue weighted by atomic mass is 16.6. The van der Waals surface area contributed by atoms with Crippen molar-refractivity contribution >= 4 is 34.0 Å². The molecule has 2 aromatic heterocycles. The molecular weight excluding hydrogens is 807 g/mol. The first-order valence-electron chi connectivity index (χ1n) is 23.9. The molecule has 0 bridgehead atoms. The number of ether oxygens (including phenoxy) is 2. The van der Waals surface area contributed by atoms with Gasteiger partial charge < -0.3 is 34.3 Å². The van der Waals surface area contributed by atoms with Gasteiger partial charge in [-0.1, -0.05) is 41.5 Å². The van der Waals surface area contributed by atoms with E-state index in [1.54, 1.807) is 0 Å². The predicted molar refractivity (Wildman–Crippen MR) is 253 cm³/mol. The number of carbonyl (C=O) groups excluding carboxylic acids is 2. The summed E-state index contributed by atoms with van der Waals surface area (Å²) < 4.78 is 11.1. The van der Waals surface area contributed by atoms with Crippen LogP contribution in [-0.4, -0.2) is 136 Å². The molecule has 3 N–H and O–H groups in total. The normalized spacial score (nSPS) is 20.4. The van der Waals surface area contributed by atoms with Crippen molar-refractivity contribution in [3.05, 3.63) is 82.5 Å². The fourth-order valence-electron chi connectivity index (χ4n) is 10.8. The van der Waals surface area contributed by atoms with E-state index in [2.05, 4.69) is 90.7 Å². The third-order valence-electron chi connectivity index (χ3n) is 14.1. The van der Waals surface area contributed by atoms with Crippen molar-refractivity contribution in [3.63, 3.8) is 0 Å². The van der Waals surface area contributed by atoms with Gasteiger partial charge in [0.05, 0.1) is 6.61 Å². The number of hydrogen-bond donors (Lipinski definition) is 3. The lowest BCUT2D eigenvalue weighted by Crippen LogP contribution is -2.51. The summed E-state index contributed by atoms with van der Waals surface area (Å²) in [6.07, 6.45) is 12.0. The molecule has 0 aliphatic carbocycles. The number of hydrogen-bond acceptors (Lipinski definition) is 8. The fraction of sp³-hybridized carbons (Fsp3) is 0.640. The van der Waals surface area contributed by atoms with Gasteiger partial charge in [0.1, 0.15) is 11.2 Å². The SMILES string of the molecule is CC(C)(C)OC(=O)N1CCC(C(CN=[N+]=[N-])N2CCC(c3c[nH]c4ccccc34)CC2)CC1.CC(C)(C)OC(=O)N1CCC(C(CO)N2CCC(c3c[nH]c4ccccc34)CC2)CC1. The summed E-state index contributed by atoms with van der Waals surface area (Å²) >= 11 is 0. The number of rotatable bonds is 9. The number of H-pyrrole nitrogens is 2. The van der Waals surface area contributed by atoms with Crippen molar-refractivity contribution in [3.8, 4) is 0 Å². The third kappa shape index (κ3) is 11.9. The Kier molecular flexibility index (Phi) is 15.5. The molecule has 4 aliphatic heterocycles. The first-order chi connectivity index (χ1) is 30.7. The van der Waals surface area contributed by atoms with Gasteiger partial charge in [0.25, 0.3) is 0 Å². The Hall–Kier alpha value is -4.75. The van der Waals surface area contributed by atoms with E-state index in [1.807, 2.05) is 51.3 Å². The molecule has 2 amide bonds. The Labute approximate surface area is 379 Å². The van der Waals surface area contributed by atoms with Gasteiger partial charge in [-0.3, -0.25) is 9.80 Å². The molecule has 14 nitrogen and oxygen atoms in total. The van der Waals surface area contributed by atoms with E-state index in [0.717, 1.165) is 77.5 Å². The Balaban J connectivity index is 0.000000192. The highest BCUT2D eigenvalue weighted by molar-refractivity contribution is 5.84. The molecule has 14 heteroatoms. The lowest BCUT2D eigenvalue weighted by Gasteiger charge is -2.43. The largest absolute Gasteiger partial charge is 0.444 e. The number of aliphatic hydroxyl groups excluding tert-OH is 1. The van der Waals surface area contributed by atoms with E-state index in [-0.39, 0.29) is 30.9 Å². The summed E-state index contributed by atoms with van der Waals surface area (Å²) in [6, 6.07) is 17.5. The number of para-hydroxylation sites is 2. The van der Waals surface area contributed by atoms with Crippen LogP contribution in [0.3, 0.4) is 0 Å². The highest BCUT2D eigenvalue weighted by Gasteiger charge is 2.37. The zero-order valence-electron chi connectivity index (χ0n) is 39.2. The first kappa shape index (κ1) is 47.2. The standard InChI is InChI=1S/C25H36N6O2.C25H37N3O3/c1-25(2,3)33-24(32)31-14-10-19(11-15-31)23(17-28-29-26)30-12-8-18(9-13-30)21-16-27-22-7-5-4-6-20(21)22;1-25(2,3)31-24(30)28-14-10-19(11-15-28)23(17-29)27-12-8-18(9-13-27)21-16-26-22-7-5-4-6-20(21)22/h4-7,16,18-19,23,27H,8-15,17H2,1-3H3;4-7,16,18-19,23,26,29H,8-15,17H2,1-3H3. The monoisotopic (exact) mass is 880 g/mol. The number of aromatic amines is 2. The maximum Gasteiger partial charge on any atom is 0.410 e. The van der Waals surface area contributed by atoms with Gasteiger partial charge in [0.2, 0.25) is 0 Å². The Morgan fingerprint density at radius 3 is 1.44 bits per heavy atom. The van der Waals surface area contributed by atoms with Crippen LogP contribution >= 0.6 is 0 Å². The van der Waals surface area contributed by atoms with E-state index in [1.165, 1.54) is 32.9 Å². The quantitative estimate of drug-likeness (QED) is 0.0855. The fourth-order valence-corrected chi connectivity index (χ4v) is 10.8. The molecule has 2 aromatic carbocycles. The first-order valence-corrected chi connectivity index (χ1v) is 23.9. The zero-order chi connectivity index (χ0) is 45.4. The van der Waals surface area contributed by atoms with Gasteiger partial charge in [0.15, 0.2) is 0 Å². The number of aromatic nitrogens is 2. The number of likely N-dealkylation sites (tertiary alicyclic amines) is 4. The molecular formula is C50H73N9O5. The number of carbonyl (C=O) groups is 2. The zero-order valence-corrected chi connectivity index (χ0v) is 39.2. The number of benzene rings is 2. The van der Waals surface area contributed by atoms with E-state index in [9.17, 15) is 14.7 Å². The minimum atomic E-state index is -0.479. The molecule has 8 rings (SSSR count). The molecule has 0 spiro atoms. The van der Waals surface area contributed by atoms with Crippen LogP contribution in [0.25, 0.3) is 32.2 Å². The van der Waals surface area contributed by atoms with Crippen LogP contribution in [0.1, 0.15) is 116 Å². The maximum absolute atomic E-state index is 12.4. The van der Waals surface area contributed by atoms with E-state index in [0.29, 0.717) is 56.4 Å². The summed E-state index contributed by atoms with van der Waals surface area (Å²) in [6.45, 7) is 18.9. The highest BCUT2D eigenvalue weighted by Crippen LogP contribution is 2.37. The lowest BCUT2D eigenvalue weighted by atomic mass is 9.84. The molecule has 4 aliphatic rings. The van der Waals surface area contributed by atoms with E-state index in [4.69, 9.17) is 15.0 Å². The molecule has 2 unspecified atom stereocenters. The predicted octanol–water partition coefficient (Wildman–Crippen LogP) is 10.0. The van der Waals surface area contributed by atoms with E-state index >= 15 is 0 Å². The van der Waals surface area contributed by atoms with Crippen LogP contribution in [0.4, 0.5) is 9.59 Å². The van der Waals surface area contributed by atoms with Gasteiger partial charge in [-0.15, -0.1) is 0 Å². The minimum Gasteiger partial charge on any atom is -0.444 e. The van der Waals surface area contributed by atoms with Crippen LogP contribution in [0.15, 0.2) is 66.0 Å². The number of aliphatic hydroxyl groups is 1. The number of azide groups is 1. The lowest BCUT2D eigenvalue weighted by molar-refractivity contribution is 0.00457. The summed E-state index contributed by atoms with van der Waals surface area (Å²) in [7, 11) is 0. The Morgan fingerprint density at radius 2 is 1.05 bits per heavy atom. The second kappa shape index (κ2) is 21.0. The second-order valence-electron chi connectivity index (χ2n) is 20.5. The van der Waals surface area contributed by atoms with Gasteiger partial charge in [-0.05, 0) is 172 Å². The maximum atomic E-state index is 12.4. The van der Waals surface area contributed by atoms with Gasteiger partial charge in [0, 0.05) is 83.9 Å². The van der Waals surface area contributed by atoms with Gasteiger partial charge in [-0.2, -0.15) is 0 Å². The molecule has 0 saturated carbocycles. The van der Waals surface area contributed by atoms with Crippen LogP contribution in [0.5, 0.6) is 0 Å². The topological polar surface area (TPSA) is 166 Å². The Bertz CT molecular complexity index is 2170. The second-order valence-corrected chi connectivity index (χ2v) is 20.5. The van der Waals surface area contributed by atoms with Crippen molar-refractivity contribution in [2.45, 2.75) is 128 Å². The molecule has 2 atom stereocenters. The molecule has 348 valence electrons. The number of nitrogens with one attached hydrogen (secondary N) is 2. The van der Waals surface area contributed by atoms with Crippen LogP contribution in [-0.2, 0) is 9.47 Å². The third-order valence-corrected chi connectivity index (χ3v) is 14.1. The molecule has 4 aromatic rings. The van der Waals surface area contributed by atoms with Crippen molar-refractivity contribution in [1.29, 1.82) is 0 Å². The molecule has 0 radical (unpaired) electrons. The minimum absolute atomic E-state index is 0.185. The molecule has 64 heavy (non-hydrogen) atoms. The van der Waals surface area contributed by atoms with Crippen molar-refractivity contribution in [2.24, 2.45) is 17.0 Å². The van der Waals surface area contributed by atoms with Gasteiger partial charge in [-0.25, -0.2) is 9.59 Å². The van der Waals surface area contributed by atoms with Crippen molar-refractivity contribution in [1.82, 2.24) is 29.6 Å². The molecule has 4 saturated heterocycles. The van der Waals surface area contributed by atoms with Crippen LogP contribution < -0.4 is 0 Å².